The molecular weight excluding hydrogens is 261 g/mol. The highest BCUT2D eigenvalue weighted by Crippen LogP contribution is 2.31. The number of nitrogen functional groups attached to an aromatic ring is 1. The van der Waals surface area contributed by atoms with Crippen LogP contribution in [0.2, 0.25) is 0 Å². The molecule has 1 saturated carbocycles. The van der Waals surface area contributed by atoms with Crippen molar-refractivity contribution in [1.29, 1.82) is 0 Å². The average Bonchev–Trinajstić information content (AvgIpc) is 2.24. The number of halogens is 3. The lowest BCUT2D eigenvalue weighted by Crippen LogP contribution is -2.39. The van der Waals surface area contributed by atoms with Crippen LogP contribution in [0.5, 0.6) is 5.75 Å². The molecule has 1 aliphatic rings. The minimum Gasteiger partial charge on any atom is -0.404 e. The van der Waals surface area contributed by atoms with E-state index in [0.29, 0.717) is 0 Å². The molecular formula is C12H13F3N2O2. The highest BCUT2D eigenvalue weighted by Gasteiger charge is 2.32. The van der Waals surface area contributed by atoms with Crippen molar-refractivity contribution in [3.8, 4) is 5.75 Å². The van der Waals surface area contributed by atoms with Gasteiger partial charge >= 0.3 is 6.36 Å². The third-order valence-corrected chi connectivity index (χ3v) is 2.98. The van der Waals surface area contributed by atoms with E-state index in [2.05, 4.69) is 10.1 Å². The van der Waals surface area contributed by atoms with Gasteiger partial charge in [0.15, 0.2) is 5.75 Å². The fourth-order valence-electron chi connectivity index (χ4n) is 1.77. The first-order chi connectivity index (χ1) is 8.87. The van der Waals surface area contributed by atoms with Crippen LogP contribution in [0.1, 0.15) is 29.6 Å². The lowest BCUT2D eigenvalue weighted by atomic mass is 9.93. The molecule has 0 unspecified atom stereocenters. The third kappa shape index (κ3) is 3.30. The molecule has 0 radical (unpaired) electrons. The first kappa shape index (κ1) is 13.5. The maximum absolute atomic E-state index is 12.1. The van der Waals surface area contributed by atoms with Gasteiger partial charge in [-0.2, -0.15) is 0 Å². The van der Waals surface area contributed by atoms with Gasteiger partial charge in [0, 0.05) is 6.04 Å². The third-order valence-electron chi connectivity index (χ3n) is 2.98. The van der Waals surface area contributed by atoms with E-state index in [1.807, 2.05) is 0 Å². The number of nitrogens with two attached hydrogens (primary N) is 1. The van der Waals surface area contributed by atoms with Crippen molar-refractivity contribution in [2.75, 3.05) is 5.73 Å². The summed E-state index contributed by atoms with van der Waals surface area (Å²) in [6, 6.07) is 3.82. The van der Waals surface area contributed by atoms with Gasteiger partial charge < -0.3 is 15.8 Å². The largest absolute Gasteiger partial charge is 0.573 e. The van der Waals surface area contributed by atoms with Crippen molar-refractivity contribution >= 4 is 11.6 Å². The van der Waals surface area contributed by atoms with E-state index in [0.717, 1.165) is 25.3 Å². The zero-order valence-electron chi connectivity index (χ0n) is 9.96. The summed E-state index contributed by atoms with van der Waals surface area (Å²) in [5.74, 6) is -1.04. The second-order valence-electron chi connectivity index (χ2n) is 4.37. The second kappa shape index (κ2) is 4.99. The van der Waals surface area contributed by atoms with Crippen LogP contribution in [0.4, 0.5) is 18.9 Å². The number of anilines is 1. The number of carbonyl (C=O) groups excluding carboxylic acids is 1. The molecule has 0 spiro atoms. The van der Waals surface area contributed by atoms with Crippen LogP contribution < -0.4 is 15.8 Å². The van der Waals surface area contributed by atoms with Crippen LogP contribution in [-0.2, 0) is 0 Å². The summed E-state index contributed by atoms with van der Waals surface area (Å²) >= 11 is 0. The molecule has 0 aromatic heterocycles. The van der Waals surface area contributed by atoms with E-state index < -0.39 is 18.0 Å². The molecule has 0 bridgehead atoms. The van der Waals surface area contributed by atoms with Crippen molar-refractivity contribution in [1.82, 2.24) is 5.32 Å². The SMILES string of the molecule is Nc1c(OC(F)(F)F)cccc1C(=O)NC1CCC1. The van der Waals surface area contributed by atoms with Gasteiger partial charge in [-0.1, -0.05) is 6.07 Å². The van der Waals surface area contributed by atoms with Gasteiger partial charge in [0.25, 0.3) is 5.91 Å². The van der Waals surface area contributed by atoms with Gasteiger partial charge in [-0.15, -0.1) is 13.2 Å². The summed E-state index contributed by atoms with van der Waals surface area (Å²) in [6.07, 6.45) is -2.04. The molecule has 19 heavy (non-hydrogen) atoms. The van der Waals surface area contributed by atoms with E-state index in [-0.39, 0.29) is 17.3 Å². The van der Waals surface area contributed by atoms with E-state index in [1.54, 1.807) is 0 Å². The molecule has 1 fully saturated rings. The van der Waals surface area contributed by atoms with Crippen molar-refractivity contribution in [3.63, 3.8) is 0 Å². The summed E-state index contributed by atoms with van der Waals surface area (Å²) < 4.78 is 40.2. The average molecular weight is 274 g/mol. The van der Waals surface area contributed by atoms with Gasteiger partial charge in [0.2, 0.25) is 0 Å². The Hall–Kier alpha value is -1.92. The topological polar surface area (TPSA) is 64.3 Å². The molecule has 1 aromatic carbocycles. The van der Waals surface area contributed by atoms with Gasteiger partial charge in [0.05, 0.1) is 11.3 Å². The highest BCUT2D eigenvalue weighted by atomic mass is 19.4. The van der Waals surface area contributed by atoms with E-state index >= 15 is 0 Å². The van der Waals surface area contributed by atoms with Crippen LogP contribution >= 0.6 is 0 Å². The second-order valence-corrected chi connectivity index (χ2v) is 4.37. The fourth-order valence-corrected chi connectivity index (χ4v) is 1.77. The molecule has 0 saturated heterocycles. The first-order valence-electron chi connectivity index (χ1n) is 5.82. The smallest absolute Gasteiger partial charge is 0.404 e. The Morgan fingerprint density at radius 1 is 1.37 bits per heavy atom. The zero-order valence-corrected chi connectivity index (χ0v) is 9.96. The lowest BCUT2D eigenvalue weighted by molar-refractivity contribution is -0.274. The predicted molar refractivity (Wildman–Crippen MR) is 62.6 cm³/mol. The molecule has 1 aliphatic carbocycles. The van der Waals surface area contributed by atoms with Gasteiger partial charge in [-0.3, -0.25) is 4.79 Å². The molecule has 1 amide bonds. The number of nitrogens with one attached hydrogen (secondary N) is 1. The zero-order chi connectivity index (χ0) is 14.0. The molecule has 0 aliphatic heterocycles. The number of hydrogen-bond donors (Lipinski definition) is 2. The van der Waals surface area contributed by atoms with E-state index in [9.17, 15) is 18.0 Å². The summed E-state index contributed by atoms with van der Waals surface area (Å²) in [5, 5.41) is 2.71. The van der Waals surface area contributed by atoms with Crippen molar-refractivity contribution in [3.05, 3.63) is 23.8 Å². The summed E-state index contributed by atoms with van der Waals surface area (Å²) in [4.78, 5) is 11.9. The Morgan fingerprint density at radius 2 is 2.05 bits per heavy atom. The van der Waals surface area contributed by atoms with Crippen molar-refractivity contribution in [2.45, 2.75) is 31.7 Å². The molecule has 1 aromatic rings. The van der Waals surface area contributed by atoms with Crippen molar-refractivity contribution < 1.29 is 22.7 Å². The molecule has 7 heteroatoms. The number of para-hydroxylation sites is 1. The maximum Gasteiger partial charge on any atom is 0.573 e. The van der Waals surface area contributed by atoms with Gasteiger partial charge in [-0.05, 0) is 31.4 Å². The highest BCUT2D eigenvalue weighted by molar-refractivity contribution is 6.00. The number of amides is 1. The Labute approximate surface area is 107 Å². The van der Waals surface area contributed by atoms with Crippen molar-refractivity contribution in [2.24, 2.45) is 0 Å². The van der Waals surface area contributed by atoms with Crippen LogP contribution in [0.25, 0.3) is 0 Å². The Bertz CT molecular complexity index is 484. The minimum atomic E-state index is -4.84. The van der Waals surface area contributed by atoms with Crippen LogP contribution in [0.3, 0.4) is 0 Å². The molecule has 2 rings (SSSR count). The Kier molecular flexibility index (Phi) is 3.55. The predicted octanol–water partition coefficient (Wildman–Crippen LogP) is 2.45. The Balaban J connectivity index is 2.16. The lowest BCUT2D eigenvalue weighted by Gasteiger charge is -2.26. The van der Waals surface area contributed by atoms with Crippen LogP contribution in [-0.4, -0.2) is 18.3 Å². The minimum absolute atomic E-state index is 0.00588. The standard InChI is InChI=1S/C12H13F3N2O2/c13-12(14,15)19-9-6-2-5-8(10(9)16)11(18)17-7-3-1-4-7/h2,5-7H,1,3-4,16H2,(H,17,18). The molecule has 104 valence electrons. The number of ether oxygens (including phenoxy) is 1. The number of rotatable bonds is 3. The quantitative estimate of drug-likeness (QED) is 0.832. The van der Waals surface area contributed by atoms with E-state index in [1.165, 1.54) is 12.1 Å². The van der Waals surface area contributed by atoms with Gasteiger partial charge in [-0.25, -0.2) is 0 Å². The first-order valence-corrected chi connectivity index (χ1v) is 5.82. The fraction of sp³-hybridized carbons (Fsp3) is 0.417. The van der Waals surface area contributed by atoms with Crippen LogP contribution in [0.15, 0.2) is 18.2 Å². The monoisotopic (exact) mass is 274 g/mol. The number of benzene rings is 1. The number of alkyl halides is 3. The normalized spacial score (nSPS) is 15.7. The van der Waals surface area contributed by atoms with Gasteiger partial charge in [0.1, 0.15) is 0 Å². The molecule has 4 nitrogen and oxygen atoms in total. The van der Waals surface area contributed by atoms with Crippen LogP contribution in [0, 0.1) is 0 Å². The summed E-state index contributed by atoms with van der Waals surface area (Å²) in [5.41, 5.74) is 5.23. The number of carbonyl (C=O) groups is 1. The summed E-state index contributed by atoms with van der Waals surface area (Å²) in [7, 11) is 0. The maximum atomic E-state index is 12.1. The number of hydrogen-bond acceptors (Lipinski definition) is 3. The summed E-state index contributed by atoms with van der Waals surface area (Å²) in [6.45, 7) is 0. The molecule has 0 atom stereocenters. The van der Waals surface area contributed by atoms with E-state index in [4.69, 9.17) is 5.73 Å². The molecule has 3 N–H and O–H groups in total. The molecule has 0 heterocycles. The Morgan fingerprint density at radius 3 is 2.58 bits per heavy atom.